The Balaban J connectivity index is 1.54. The number of carbonyl (C=O) groups excluding carboxylic acids is 1. The first-order valence-corrected chi connectivity index (χ1v) is 9.81. The van der Waals surface area contributed by atoms with E-state index < -0.39 is 24.9 Å². The molecular formula is C19H21F4N5O2. The molecule has 1 aliphatic carbocycles. The zero-order valence-electron chi connectivity index (χ0n) is 16.2. The van der Waals surface area contributed by atoms with Gasteiger partial charge in [0.25, 0.3) is 11.8 Å². The summed E-state index contributed by atoms with van der Waals surface area (Å²) in [7, 11) is 0. The van der Waals surface area contributed by atoms with Gasteiger partial charge in [-0.2, -0.15) is 13.2 Å². The Morgan fingerprint density at radius 2 is 2.07 bits per heavy atom. The molecule has 1 fully saturated rings. The van der Waals surface area contributed by atoms with Gasteiger partial charge in [0.2, 0.25) is 5.89 Å². The van der Waals surface area contributed by atoms with Crippen molar-refractivity contribution in [1.29, 1.82) is 0 Å². The highest BCUT2D eigenvalue weighted by Gasteiger charge is 2.40. The van der Waals surface area contributed by atoms with Crippen LogP contribution in [0.15, 0.2) is 16.7 Å². The largest absolute Gasteiger partial charge is 0.417 e. The van der Waals surface area contributed by atoms with Gasteiger partial charge < -0.3 is 14.6 Å². The van der Waals surface area contributed by atoms with Gasteiger partial charge >= 0.3 is 6.18 Å². The van der Waals surface area contributed by atoms with E-state index in [4.69, 9.17) is 4.42 Å². The number of carbonyl (C=O) groups is 1. The van der Waals surface area contributed by atoms with Crippen LogP contribution in [0.3, 0.4) is 0 Å². The molecule has 1 amide bonds. The first-order valence-electron chi connectivity index (χ1n) is 9.81. The van der Waals surface area contributed by atoms with Crippen LogP contribution in [0.5, 0.6) is 0 Å². The van der Waals surface area contributed by atoms with E-state index in [0.717, 1.165) is 12.8 Å². The fourth-order valence-electron chi connectivity index (χ4n) is 4.06. The molecular weight excluding hydrogens is 406 g/mol. The third-order valence-corrected chi connectivity index (χ3v) is 5.50. The van der Waals surface area contributed by atoms with E-state index >= 15 is 0 Å². The first-order chi connectivity index (χ1) is 14.2. The highest BCUT2D eigenvalue weighted by Crippen LogP contribution is 2.33. The lowest BCUT2D eigenvalue weighted by atomic mass is 9.89. The van der Waals surface area contributed by atoms with E-state index in [0.29, 0.717) is 29.7 Å². The van der Waals surface area contributed by atoms with Crippen LogP contribution in [0.4, 0.5) is 17.6 Å². The van der Waals surface area contributed by atoms with Gasteiger partial charge in [-0.25, -0.2) is 4.39 Å². The number of aromatic nitrogens is 3. The predicted octanol–water partition coefficient (Wildman–Crippen LogP) is 3.58. The zero-order chi connectivity index (χ0) is 21.5. The number of halogens is 4. The minimum absolute atomic E-state index is 0.0541. The molecule has 0 spiro atoms. The minimum atomic E-state index is -4.31. The molecule has 2 aromatic heterocycles. The Morgan fingerprint density at radius 1 is 1.30 bits per heavy atom. The molecule has 3 heterocycles. The van der Waals surface area contributed by atoms with Crippen molar-refractivity contribution in [2.75, 3.05) is 6.54 Å². The number of amides is 1. The second-order valence-corrected chi connectivity index (χ2v) is 7.67. The number of nitrogens with zero attached hydrogens (tertiary/aromatic N) is 4. The Labute approximate surface area is 169 Å². The van der Waals surface area contributed by atoms with Crippen LogP contribution >= 0.6 is 0 Å². The topological polar surface area (TPSA) is 84.2 Å². The summed E-state index contributed by atoms with van der Waals surface area (Å²) in [5, 5.41) is 9.99. The summed E-state index contributed by atoms with van der Waals surface area (Å²) in [6.45, 7) is 0.422. The molecule has 11 heteroatoms. The van der Waals surface area contributed by atoms with Crippen molar-refractivity contribution in [3.63, 3.8) is 0 Å². The zero-order valence-corrected chi connectivity index (χ0v) is 16.2. The third-order valence-electron chi connectivity index (χ3n) is 5.50. The molecule has 4 rings (SSSR count). The monoisotopic (exact) mass is 427 g/mol. The van der Waals surface area contributed by atoms with E-state index in [1.54, 1.807) is 11.0 Å². The summed E-state index contributed by atoms with van der Waals surface area (Å²) in [6.07, 6.45) is -1.39. The number of hydrogen-bond acceptors (Lipinski definition) is 6. The highest BCUT2D eigenvalue weighted by atomic mass is 19.4. The van der Waals surface area contributed by atoms with Crippen molar-refractivity contribution < 1.29 is 26.8 Å². The highest BCUT2D eigenvalue weighted by molar-refractivity contribution is 5.99. The fraction of sp³-hybridized carbons (Fsp3) is 0.579. The van der Waals surface area contributed by atoms with Crippen molar-refractivity contribution in [3.05, 3.63) is 29.4 Å². The number of nitrogens with one attached hydrogen (secondary N) is 1. The van der Waals surface area contributed by atoms with Gasteiger partial charge in [-0.05, 0) is 25.8 Å². The predicted molar refractivity (Wildman–Crippen MR) is 97.0 cm³/mol. The first kappa shape index (κ1) is 20.7. The maximum Gasteiger partial charge on any atom is 0.401 e. The van der Waals surface area contributed by atoms with Crippen LogP contribution in [-0.4, -0.2) is 50.8 Å². The van der Waals surface area contributed by atoms with Crippen molar-refractivity contribution in [3.8, 4) is 11.5 Å². The fourth-order valence-corrected chi connectivity index (χ4v) is 4.06. The van der Waals surface area contributed by atoms with Crippen molar-refractivity contribution in [2.24, 2.45) is 0 Å². The molecule has 162 valence electrons. The Hall–Kier alpha value is -2.56. The van der Waals surface area contributed by atoms with E-state index in [1.165, 1.54) is 13.1 Å². The van der Waals surface area contributed by atoms with E-state index in [-0.39, 0.29) is 30.3 Å². The molecule has 0 aromatic carbocycles. The summed E-state index contributed by atoms with van der Waals surface area (Å²) < 4.78 is 56.6. The van der Waals surface area contributed by atoms with Crippen LogP contribution in [-0.2, 0) is 6.54 Å². The standard InChI is InChI=1S/C19H21F4N5O2/c1-10(20)16-26-27-17(30-16)11-6-12-14(24-7-11)8-28(18(12)29)15-5-3-2-4-13(15)25-9-19(21,22)23/h6-7,10,13,15,25H,2-5,8-9H2,1H3/t10?,13-,15-/m1/s1. The lowest BCUT2D eigenvalue weighted by molar-refractivity contribution is -0.127. The van der Waals surface area contributed by atoms with Crippen molar-refractivity contribution in [1.82, 2.24) is 25.4 Å². The molecule has 2 aromatic rings. The second kappa shape index (κ2) is 7.93. The molecule has 3 atom stereocenters. The van der Waals surface area contributed by atoms with Gasteiger partial charge in [0.15, 0.2) is 6.17 Å². The maximum absolute atomic E-state index is 13.3. The van der Waals surface area contributed by atoms with Gasteiger partial charge in [-0.3, -0.25) is 9.78 Å². The SMILES string of the molecule is CC(F)c1nnc(-c2cnc3c(c2)C(=O)N([C@@H]2CCCC[C@H]2NCC(F)(F)F)C3)o1. The van der Waals surface area contributed by atoms with E-state index in [9.17, 15) is 22.4 Å². The van der Waals surface area contributed by atoms with E-state index in [1.807, 2.05) is 0 Å². The lowest BCUT2D eigenvalue weighted by Gasteiger charge is -2.38. The maximum atomic E-state index is 13.3. The molecule has 0 radical (unpaired) electrons. The summed E-state index contributed by atoms with van der Waals surface area (Å²) >= 11 is 0. The lowest BCUT2D eigenvalue weighted by Crippen LogP contribution is -2.53. The van der Waals surface area contributed by atoms with Gasteiger partial charge in [-0.15, -0.1) is 10.2 Å². The normalized spacial score (nSPS) is 23.0. The van der Waals surface area contributed by atoms with Crippen LogP contribution in [0.1, 0.15) is 60.7 Å². The van der Waals surface area contributed by atoms with Gasteiger partial charge in [-0.1, -0.05) is 12.8 Å². The summed E-state index contributed by atoms with van der Waals surface area (Å²) in [5.74, 6) is -0.402. The molecule has 1 N–H and O–H groups in total. The Bertz CT molecular complexity index is 930. The number of fused-ring (bicyclic) bond motifs is 1. The smallest absolute Gasteiger partial charge is 0.401 e. The van der Waals surface area contributed by atoms with Crippen molar-refractivity contribution in [2.45, 2.75) is 63.6 Å². The Morgan fingerprint density at radius 3 is 2.77 bits per heavy atom. The molecule has 2 aliphatic rings. The molecule has 1 saturated carbocycles. The summed E-state index contributed by atoms with van der Waals surface area (Å²) in [4.78, 5) is 19.0. The Kier molecular flexibility index (Phi) is 5.48. The van der Waals surface area contributed by atoms with Crippen LogP contribution in [0, 0.1) is 0 Å². The van der Waals surface area contributed by atoms with Crippen LogP contribution in [0.25, 0.3) is 11.5 Å². The quantitative estimate of drug-likeness (QED) is 0.735. The van der Waals surface area contributed by atoms with Gasteiger partial charge in [0, 0.05) is 18.3 Å². The van der Waals surface area contributed by atoms with Gasteiger partial charge in [0.05, 0.1) is 29.9 Å². The molecule has 0 saturated heterocycles. The van der Waals surface area contributed by atoms with Crippen LogP contribution < -0.4 is 5.32 Å². The summed E-state index contributed by atoms with van der Waals surface area (Å²) in [6, 6.07) is 0.794. The number of hydrogen-bond donors (Lipinski definition) is 1. The van der Waals surface area contributed by atoms with E-state index in [2.05, 4.69) is 20.5 Å². The van der Waals surface area contributed by atoms with Crippen LogP contribution in [0.2, 0.25) is 0 Å². The summed E-state index contributed by atoms with van der Waals surface area (Å²) in [5.41, 5.74) is 1.28. The molecule has 1 aliphatic heterocycles. The molecule has 0 bridgehead atoms. The minimum Gasteiger partial charge on any atom is -0.417 e. The second-order valence-electron chi connectivity index (χ2n) is 7.67. The molecule has 1 unspecified atom stereocenters. The molecule has 7 nitrogen and oxygen atoms in total. The average Bonchev–Trinajstić information content (AvgIpc) is 3.31. The van der Waals surface area contributed by atoms with Crippen molar-refractivity contribution >= 4 is 5.91 Å². The average molecular weight is 427 g/mol. The molecule has 30 heavy (non-hydrogen) atoms. The number of pyridine rings is 1. The van der Waals surface area contributed by atoms with Gasteiger partial charge in [0.1, 0.15) is 0 Å². The third kappa shape index (κ3) is 4.16. The number of alkyl halides is 4. The number of rotatable bonds is 5.